The van der Waals surface area contributed by atoms with Crippen molar-refractivity contribution in [3.8, 4) is 0 Å². The van der Waals surface area contributed by atoms with Gasteiger partial charge >= 0.3 is 0 Å². The van der Waals surface area contributed by atoms with E-state index >= 15 is 0 Å². The molecule has 2 fully saturated rings. The van der Waals surface area contributed by atoms with Gasteiger partial charge in [0.2, 0.25) is 0 Å². The van der Waals surface area contributed by atoms with Gasteiger partial charge < -0.3 is 20.5 Å². The molecule has 1 saturated carbocycles. The number of hydrogen-bond donors (Lipinski definition) is 2. The number of rotatable bonds is 4. The van der Waals surface area contributed by atoms with Crippen LogP contribution in [0.3, 0.4) is 0 Å². The molecule has 0 amide bonds. The summed E-state index contributed by atoms with van der Waals surface area (Å²) in [5, 5.41) is 3.31. The second-order valence-electron chi connectivity index (χ2n) is 5.98. The smallest absolute Gasteiger partial charge is 0.172 e. The van der Waals surface area contributed by atoms with Crippen LogP contribution in [0.1, 0.15) is 24.8 Å². The number of ether oxygens (including phenoxy) is 2. The molecule has 1 heterocycles. The molecule has 1 aliphatic carbocycles. The largest absolute Gasteiger partial charge is 0.391 e. The van der Waals surface area contributed by atoms with E-state index in [0.717, 1.165) is 43.4 Å². The van der Waals surface area contributed by atoms with Crippen molar-refractivity contribution in [1.29, 1.82) is 0 Å². The normalized spacial score (nSPS) is 25.7. The first-order valence-electron chi connectivity index (χ1n) is 7.87. The Hall–Kier alpha value is -1.43. The Balaban J connectivity index is 1.51. The second kappa shape index (κ2) is 6.77. The van der Waals surface area contributed by atoms with E-state index in [1.54, 1.807) is 0 Å². The molecular weight excluding hydrogens is 283 g/mol. The maximum absolute atomic E-state index is 12.8. The lowest BCUT2D eigenvalue weighted by Gasteiger charge is -2.36. The first-order chi connectivity index (χ1) is 10.7. The molecule has 1 spiro atoms. The van der Waals surface area contributed by atoms with E-state index in [2.05, 4.69) is 5.32 Å². The summed E-state index contributed by atoms with van der Waals surface area (Å²) in [6.45, 7) is 2.12. The van der Waals surface area contributed by atoms with Crippen molar-refractivity contribution in [2.24, 2.45) is 5.73 Å². The molecular formula is C17H23FN2O2. The van der Waals surface area contributed by atoms with Crippen molar-refractivity contribution in [3.63, 3.8) is 0 Å². The highest BCUT2D eigenvalue weighted by atomic mass is 19.1. The van der Waals surface area contributed by atoms with Crippen molar-refractivity contribution in [2.45, 2.75) is 37.5 Å². The summed E-state index contributed by atoms with van der Waals surface area (Å²) in [7, 11) is 0. The summed E-state index contributed by atoms with van der Waals surface area (Å²) in [5.74, 6) is -0.644. The Bertz CT molecular complexity index is 524. The van der Waals surface area contributed by atoms with E-state index < -0.39 is 5.79 Å². The van der Waals surface area contributed by atoms with Gasteiger partial charge in [-0.25, -0.2) is 4.39 Å². The Labute approximate surface area is 130 Å². The number of halogens is 1. The quantitative estimate of drug-likeness (QED) is 0.837. The number of nitrogens with two attached hydrogens (primary N) is 1. The van der Waals surface area contributed by atoms with Crippen LogP contribution in [0.2, 0.25) is 0 Å². The van der Waals surface area contributed by atoms with E-state index in [9.17, 15) is 4.39 Å². The van der Waals surface area contributed by atoms with Crippen molar-refractivity contribution < 1.29 is 13.9 Å². The third-order valence-corrected chi connectivity index (χ3v) is 4.36. The molecule has 4 nitrogen and oxygen atoms in total. The topological polar surface area (TPSA) is 56.5 Å². The van der Waals surface area contributed by atoms with Crippen LogP contribution in [0.15, 0.2) is 36.0 Å². The molecule has 1 aliphatic heterocycles. The molecule has 1 saturated heterocycles. The van der Waals surface area contributed by atoms with Gasteiger partial charge in [0.15, 0.2) is 5.79 Å². The number of benzene rings is 1. The number of hydrogen-bond acceptors (Lipinski definition) is 4. The highest BCUT2D eigenvalue weighted by molar-refractivity contribution is 5.18. The lowest BCUT2D eigenvalue weighted by atomic mass is 9.86. The molecule has 3 N–H and O–H groups in total. The first kappa shape index (κ1) is 15.5. The Morgan fingerprint density at radius 1 is 1.27 bits per heavy atom. The Morgan fingerprint density at radius 3 is 2.73 bits per heavy atom. The van der Waals surface area contributed by atoms with Crippen LogP contribution in [0.5, 0.6) is 0 Å². The zero-order chi connectivity index (χ0) is 15.4. The third kappa shape index (κ3) is 3.66. The minimum Gasteiger partial charge on any atom is -0.391 e. The van der Waals surface area contributed by atoms with Crippen molar-refractivity contribution >= 4 is 0 Å². The van der Waals surface area contributed by atoms with Gasteiger partial charge in [-0.15, -0.1) is 0 Å². The van der Waals surface area contributed by atoms with Crippen LogP contribution in [0, 0.1) is 5.82 Å². The Kier molecular flexibility index (Phi) is 4.76. The maximum atomic E-state index is 12.8. The van der Waals surface area contributed by atoms with Crippen molar-refractivity contribution in [1.82, 2.24) is 5.32 Å². The molecule has 5 heteroatoms. The van der Waals surface area contributed by atoms with Crippen LogP contribution < -0.4 is 11.1 Å². The fraction of sp³-hybridized carbons (Fsp3) is 0.529. The molecule has 3 rings (SSSR count). The fourth-order valence-electron chi connectivity index (χ4n) is 3.06. The van der Waals surface area contributed by atoms with Gasteiger partial charge in [0.05, 0.1) is 13.2 Å². The summed E-state index contributed by atoms with van der Waals surface area (Å²) in [5.41, 5.74) is 8.43. The Morgan fingerprint density at radius 2 is 2.00 bits per heavy atom. The average molecular weight is 306 g/mol. The summed E-state index contributed by atoms with van der Waals surface area (Å²) in [6.07, 6.45) is 5.32. The molecule has 1 aromatic carbocycles. The standard InChI is InChI=1S/C17H23FN2O2/c18-15-3-1-13(2-4-15)6-8-20-12-14-11-17(7-5-16(14)19)21-9-10-22-17/h1-4,12,16,20H,5-11,19H2/b14-12-. The summed E-state index contributed by atoms with van der Waals surface area (Å²) < 4.78 is 24.4. The van der Waals surface area contributed by atoms with E-state index in [0.29, 0.717) is 13.2 Å². The predicted octanol–water partition coefficient (Wildman–Crippen LogP) is 2.10. The van der Waals surface area contributed by atoms with Gasteiger partial charge in [-0.05, 0) is 42.3 Å². The average Bonchev–Trinajstić information content (AvgIpc) is 2.97. The molecule has 1 atom stereocenters. The van der Waals surface area contributed by atoms with Crippen molar-refractivity contribution in [2.75, 3.05) is 19.8 Å². The van der Waals surface area contributed by atoms with E-state index in [1.165, 1.54) is 12.1 Å². The fourth-order valence-corrected chi connectivity index (χ4v) is 3.06. The summed E-state index contributed by atoms with van der Waals surface area (Å²) in [6, 6.07) is 6.67. The predicted molar refractivity (Wildman–Crippen MR) is 82.7 cm³/mol. The highest BCUT2D eigenvalue weighted by Crippen LogP contribution is 2.37. The molecule has 0 aromatic heterocycles. The molecule has 120 valence electrons. The maximum Gasteiger partial charge on any atom is 0.172 e. The van der Waals surface area contributed by atoms with Crippen molar-refractivity contribution in [3.05, 3.63) is 47.4 Å². The summed E-state index contributed by atoms with van der Waals surface area (Å²) in [4.78, 5) is 0. The first-order valence-corrected chi connectivity index (χ1v) is 7.87. The van der Waals surface area contributed by atoms with Gasteiger partial charge in [-0.1, -0.05) is 12.1 Å². The lowest BCUT2D eigenvalue weighted by molar-refractivity contribution is -0.168. The van der Waals surface area contributed by atoms with Gasteiger partial charge in [-0.3, -0.25) is 0 Å². The SMILES string of the molecule is NC1CCC2(C/C1=C/NCCc1ccc(F)cc1)OCCO2. The summed E-state index contributed by atoms with van der Waals surface area (Å²) >= 11 is 0. The van der Waals surface area contributed by atoms with Crippen LogP contribution in [0.25, 0.3) is 0 Å². The zero-order valence-corrected chi connectivity index (χ0v) is 12.7. The van der Waals surface area contributed by atoms with Crippen LogP contribution in [0.4, 0.5) is 4.39 Å². The van der Waals surface area contributed by atoms with Gasteiger partial charge in [0.25, 0.3) is 0 Å². The third-order valence-electron chi connectivity index (χ3n) is 4.36. The van der Waals surface area contributed by atoms with Crippen LogP contribution in [-0.2, 0) is 15.9 Å². The number of nitrogens with one attached hydrogen (secondary N) is 1. The highest BCUT2D eigenvalue weighted by Gasteiger charge is 2.41. The molecule has 1 unspecified atom stereocenters. The van der Waals surface area contributed by atoms with E-state index in [1.807, 2.05) is 18.3 Å². The van der Waals surface area contributed by atoms with Crippen LogP contribution in [-0.4, -0.2) is 31.6 Å². The minimum absolute atomic E-state index is 0.0664. The molecule has 0 bridgehead atoms. The zero-order valence-electron chi connectivity index (χ0n) is 12.7. The molecule has 0 radical (unpaired) electrons. The lowest BCUT2D eigenvalue weighted by Crippen LogP contribution is -2.42. The van der Waals surface area contributed by atoms with Gasteiger partial charge in [0, 0.05) is 25.4 Å². The van der Waals surface area contributed by atoms with Gasteiger partial charge in [-0.2, -0.15) is 0 Å². The monoisotopic (exact) mass is 306 g/mol. The molecule has 1 aromatic rings. The second-order valence-corrected chi connectivity index (χ2v) is 5.98. The molecule has 22 heavy (non-hydrogen) atoms. The minimum atomic E-state index is -0.444. The molecule has 2 aliphatic rings. The van der Waals surface area contributed by atoms with Gasteiger partial charge in [0.1, 0.15) is 5.82 Å². The van der Waals surface area contributed by atoms with E-state index in [4.69, 9.17) is 15.2 Å². The van der Waals surface area contributed by atoms with E-state index in [-0.39, 0.29) is 11.9 Å². The van der Waals surface area contributed by atoms with Crippen LogP contribution >= 0.6 is 0 Å².